The van der Waals surface area contributed by atoms with Crippen LogP contribution in [0.1, 0.15) is 18.3 Å². The van der Waals surface area contributed by atoms with Crippen LogP contribution >= 0.6 is 0 Å². The van der Waals surface area contributed by atoms with Crippen LogP contribution in [0.15, 0.2) is 22.8 Å². The lowest BCUT2D eigenvalue weighted by Crippen LogP contribution is -1.92. The van der Waals surface area contributed by atoms with Crippen molar-refractivity contribution >= 4 is 5.78 Å². The van der Waals surface area contributed by atoms with Crippen LogP contribution in [0.5, 0.6) is 0 Å². The zero-order chi connectivity index (χ0) is 7.68. The van der Waals surface area contributed by atoms with Crippen LogP contribution in [0.3, 0.4) is 0 Å². The Morgan fingerprint density at radius 2 is 2.45 bits per heavy atom. The van der Waals surface area contributed by atoms with Gasteiger partial charge in [-0.3, -0.25) is 4.79 Å². The average Bonchev–Trinajstić information content (AvgIpc) is 2.55. The Labute approximate surface area is 64.0 Å². The van der Waals surface area contributed by atoms with E-state index in [2.05, 4.69) is 0 Å². The Hall–Kier alpha value is -1.09. The van der Waals surface area contributed by atoms with E-state index in [1.54, 1.807) is 12.3 Å². The summed E-state index contributed by atoms with van der Waals surface area (Å²) in [5.41, 5.74) is 0. The predicted molar refractivity (Wildman–Crippen MR) is 37.0 cm³/mol. The van der Waals surface area contributed by atoms with E-state index in [-0.39, 0.29) is 18.5 Å². The van der Waals surface area contributed by atoms with Gasteiger partial charge in [0, 0.05) is 6.42 Å². The van der Waals surface area contributed by atoms with Crippen molar-refractivity contribution in [1.29, 1.82) is 0 Å². The van der Waals surface area contributed by atoms with Crippen LogP contribution in [-0.4, -0.2) is 12.4 Å². The predicted octanol–water partition coefficient (Wildman–Crippen LogP) is 1.31. The van der Waals surface area contributed by atoms with Crippen molar-refractivity contribution in [3.8, 4) is 0 Å². The highest BCUT2D eigenvalue weighted by atomic mass is 16.5. The van der Waals surface area contributed by atoms with E-state index in [0.717, 1.165) is 5.76 Å². The van der Waals surface area contributed by atoms with E-state index < -0.39 is 0 Å². The van der Waals surface area contributed by atoms with Crippen molar-refractivity contribution in [2.24, 2.45) is 0 Å². The van der Waals surface area contributed by atoms with Crippen molar-refractivity contribution in [3.05, 3.63) is 24.2 Å². The van der Waals surface area contributed by atoms with Gasteiger partial charge in [-0.25, -0.2) is 0 Å². The Bertz CT molecular complexity index is 250. The fourth-order valence-electron chi connectivity index (χ4n) is 1.18. The Morgan fingerprint density at radius 1 is 1.55 bits per heavy atom. The summed E-state index contributed by atoms with van der Waals surface area (Å²) in [5.74, 6) is 0.891. The van der Waals surface area contributed by atoms with Crippen LogP contribution in [0.4, 0.5) is 0 Å². The molecule has 1 aromatic heterocycles. The minimum atomic E-state index is -0.141. The highest BCUT2D eigenvalue weighted by Gasteiger charge is 2.25. The van der Waals surface area contributed by atoms with E-state index >= 15 is 0 Å². The molecule has 3 nitrogen and oxygen atoms in total. The molecule has 1 aliphatic rings. The van der Waals surface area contributed by atoms with Gasteiger partial charge in [-0.2, -0.15) is 0 Å². The van der Waals surface area contributed by atoms with Crippen LogP contribution in [-0.2, 0) is 9.53 Å². The van der Waals surface area contributed by atoms with E-state index in [1.807, 2.05) is 6.07 Å². The molecule has 0 spiro atoms. The molecule has 1 saturated heterocycles. The molecule has 1 aliphatic heterocycles. The second-order valence-electron chi connectivity index (χ2n) is 2.56. The standard InChI is InChI=1S/C8H8O3/c9-6-4-8(11-5-6)7-2-1-3-10-7/h1-3,8H,4-5H2. The number of ketones is 1. The van der Waals surface area contributed by atoms with Crippen LogP contribution in [0.2, 0.25) is 0 Å². The average molecular weight is 152 g/mol. The number of Topliss-reactive ketones (excluding diaryl/α,β-unsaturated/α-hetero) is 1. The van der Waals surface area contributed by atoms with E-state index in [9.17, 15) is 4.79 Å². The molecule has 11 heavy (non-hydrogen) atoms. The fraction of sp³-hybridized carbons (Fsp3) is 0.375. The third-order valence-corrected chi connectivity index (χ3v) is 1.72. The molecule has 1 unspecified atom stereocenters. The smallest absolute Gasteiger partial charge is 0.161 e. The first-order valence-electron chi connectivity index (χ1n) is 3.53. The molecular weight excluding hydrogens is 144 g/mol. The highest BCUT2D eigenvalue weighted by molar-refractivity contribution is 5.81. The quantitative estimate of drug-likeness (QED) is 0.609. The first-order chi connectivity index (χ1) is 5.36. The Balaban J connectivity index is 2.13. The zero-order valence-corrected chi connectivity index (χ0v) is 5.95. The summed E-state index contributed by atoms with van der Waals surface area (Å²) in [7, 11) is 0. The molecule has 0 aliphatic carbocycles. The first-order valence-corrected chi connectivity index (χ1v) is 3.53. The Morgan fingerprint density at radius 3 is 3.00 bits per heavy atom. The maximum atomic E-state index is 10.8. The van der Waals surface area contributed by atoms with Gasteiger partial charge in [0.25, 0.3) is 0 Å². The summed E-state index contributed by atoms with van der Waals surface area (Å²) in [4.78, 5) is 10.8. The van der Waals surface area contributed by atoms with Crippen molar-refractivity contribution in [3.63, 3.8) is 0 Å². The molecule has 2 rings (SSSR count). The van der Waals surface area contributed by atoms with Crippen LogP contribution in [0, 0.1) is 0 Å². The lowest BCUT2D eigenvalue weighted by molar-refractivity contribution is -0.117. The molecule has 0 aromatic carbocycles. The molecule has 0 radical (unpaired) electrons. The number of carbonyl (C=O) groups excluding carboxylic acids is 1. The zero-order valence-electron chi connectivity index (χ0n) is 5.95. The van der Waals surface area contributed by atoms with Gasteiger partial charge in [0.1, 0.15) is 18.5 Å². The minimum Gasteiger partial charge on any atom is -0.467 e. The first kappa shape index (κ1) is 6.61. The fourth-order valence-corrected chi connectivity index (χ4v) is 1.18. The molecule has 0 bridgehead atoms. The lowest BCUT2D eigenvalue weighted by atomic mass is 10.2. The van der Waals surface area contributed by atoms with Crippen molar-refractivity contribution in [2.45, 2.75) is 12.5 Å². The summed E-state index contributed by atoms with van der Waals surface area (Å²) < 4.78 is 10.3. The summed E-state index contributed by atoms with van der Waals surface area (Å²) in [6.07, 6.45) is 1.90. The van der Waals surface area contributed by atoms with Crippen molar-refractivity contribution in [1.82, 2.24) is 0 Å². The maximum absolute atomic E-state index is 10.8. The Kier molecular flexibility index (Phi) is 1.51. The number of hydrogen-bond donors (Lipinski definition) is 0. The largest absolute Gasteiger partial charge is 0.467 e. The van der Waals surface area contributed by atoms with E-state index in [1.165, 1.54) is 0 Å². The third-order valence-electron chi connectivity index (χ3n) is 1.72. The lowest BCUT2D eigenvalue weighted by Gasteiger charge is -2.01. The SMILES string of the molecule is O=C1COC(c2ccco2)C1. The normalized spacial score (nSPS) is 24.4. The van der Waals surface area contributed by atoms with Crippen LogP contribution in [0.25, 0.3) is 0 Å². The van der Waals surface area contributed by atoms with Gasteiger partial charge in [-0.05, 0) is 12.1 Å². The van der Waals surface area contributed by atoms with Gasteiger partial charge >= 0.3 is 0 Å². The molecule has 0 amide bonds. The number of furan rings is 1. The molecule has 3 heteroatoms. The van der Waals surface area contributed by atoms with Crippen molar-refractivity contribution in [2.75, 3.05) is 6.61 Å². The van der Waals surface area contributed by atoms with Gasteiger partial charge in [-0.15, -0.1) is 0 Å². The molecule has 2 heterocycles. The molecule has 1 fully saturated rings. The topological polar surface area (TPSA) is 39.4 Å². The number of carbonyl (C=O) groups is 1. The molecule has 58 valence electrons. The maximum Gasteiger partial charge on any atom is 0.161 e. The molecule has 1 aromatic rings. The van der Waals surface area contributed by atoms with Gasteiger partial charge in [0.05, 0.1) is 6.26 Å². The summed E-state index contributed by atoms with van der Waals surface area (Å²) in [5, 5.41) is 0. The number of rotatable bonds is 1. The van der Waals surface area contributed by atoms with Gasteiger partial charge < -0.3 is 9.15 Å². The van der Waals surface area contributed by atoms with Gasteiger partial charge in [-0.1, -0.05) is 0 Å². The second-order valence-corrected chi connectivity index (χ2v) is 2.56. The van der Waals surface area contributed by atoms with E-state index in [0.29, 0.717) is 6.42 Å². The minimum absolute atomic E-state index is 0.141. The molecule has 0 saturated carbocycles. The summed E-state index contributed by atoms with van der Waals surface area (Å²) in [6.45, 7) is 0.228. The molecule has 1 atom stereocenters. The van der Waals surface area contributed by atoms with Crippen molar-refractivity contribution < 1.29 is 13.9 Å². The van der Waals surface area contributed by atoms with Gasteiger partial charge in [0.15, 0.2) is 5.78 Å². The number of hydrogen-bond acceptors (Lipinski definition) is 3. The monoisotopic (exact) mass is 152 g/mol. The van der Waals surface area contributed by atoms with Crippen LogP contribution < -0.4 is 0 Å². The summed E-state index contributed by atoms with van der Waals surface area (Å²) >= 11 is 0. The summed E-state index contributed by atoms with van der Waals surface area (Å²) in [6, 6.07) is 3.62. The number of ether oxygens (including phenoxy) is 1. The molecular formula is C8H8O3. The highest BCUT2D eigenvalue weighted by Crippen LogP contribution is 2.26. The van der Waals surface area contributed by atoms with Gasteiger partial charge in [0.2, 0.25) is 0 Å². The third kappa shape index (κ3) is 1.19. The van der Waals surface area contributed by atoms with E-state index in [4.69, 9.17) is 9.15 Å². The molecule has 0 N–H and O–H groups in total. The second kappa shape index (κ2) is 2.51.